The molecule has 0 aromatic heterocycles. The van der Waals surface area contributed by atoms with Crippen molar-refractivity contribution in [2.75, 3.05) is 0 Å². The van der Waals surface area contributed by atoms with Gasteiger partial charge in [0.25, 0.3) is 0 Å². The van der Waals surface area contributed by atoms with E-state index in [4.69, 9.17) is 5.53 Å². The SMILES string of the molecule is N=NN=NN=NN=NI. The third-order valence-corrected chi connectivity index (χ3v) is 0.432. The van der Waals surface area contributed by atoms with E-state index in [-0.39, 0.29) is 0 Å². The van der Waals surface area contributed by atoms with Gasteiger partial charge in [0.2, 0.25) is 0 Å². The Morgan fingerprint density at radius 1 is 0.889 bits per heavy atom. The van der Waals surface area contributed by atoms with Crippen molar-refractivity contribution >= 4 is 22.9 Å². The van der Waals surface area contributed by atoms with Gasteiger partial charge < -0.3 is 0 Å². The summed E-state index contributed by atoms with van der Waals surface area (Å²) in [6.07, 6.45) is 0. The number of hydrogen-bond acceptors (Lipinski definition) is 2. The van der Waals surface area contributed by atoms with E-state index in [9.17, 15) is 0 Å². The van der Waals surface area contributed by atoms with Crippen LogP contribution < -0.4 is 0 Å². The van der Waals surface area contributed by atoms with E-state index >= 15 is 0 Å². The molecule has 0 aromatic rings. The molecule has 0 heterocycles. The Bertz CT molecular complexity index is 141. The third-order valence-electron chi connectivity index (χ3n) is 0.239. The molecule has 0 saturated heterocycles. The molecule has 9 heavy (non-hydrogen) atoms. The Labute approximate surface area is 63.5 Å². The maximum Gasteiger partial charge on any atom is 0.113 e. The van der Waals surface area contributed by atoms with Crippen molar-refractivity contribution in [2.24, 2.45) is 34.7 Å². The molecule has 0 aliphatic rings. The zero-order chi connectivity index (χ0) is 6.95. The maximum absolute atomic E-state index is 6.09. The standard InChI is InChI=1S/HIN8/c1-3-5-7-9-8-6-4-2/h2H. The minimum atomic E-state index is 1.62. The van der Waals surface area contributed by atoms with Crippen molar-refractivity contribution in [3.63, 3.8) is 0 Å². The first-order valence-corrected chi connectivity index (χ1v) is 2.56. The largest absolute Gasteiger partial charge is 0.183 e. The second-order valence-corrected chi connectivity index (χ2v) is 1.05. The van der Waals surface area contributed by atoms with E-state index in [1.54, 1.807) is 22.9 Å². The molecule has 0 saturated carbocycles. The second-order valence-electron chi connectivity index (χ2n) is 0.623. The topological polar surface area (TPSA) is 110 Å². The summed E-state index contributed by atoms with van der Waals surface area (Å²) >= 11 is 1.62. The van der Waals surface area contributed by atoms with Gasteiger partial charge in [-0.1, -0.05) is 3.33 Å². The fourth-order valence-electron chi connectivity index (χ4n) is 0.0888. The van der Waals surface area contributed by atoms with Crippen LogP contribution in [-0.4, -0.2) is 0 Å². The van der Waals surface area contributed by atoms with Crippen molar-refractivity contribution < 1.29 is 0 Å². The van der Waals surface area contributed by atoms with Gasteiger partial charge in [-0.25, -0.2) is 0 Å². The minimum Gasteiger partial charge on any atom is -0.183 e. The minimum absolute atomic E-state index is 1.62. The molecule has 0 unspecified atom stereocenters. The molecule has 0 aliphatic heterocycles. The lowest BCUT2D eigenvalue weighted by Gasteiger charge is -1.64. The van der Waals surface area contributed by atoms with E-state index in [1.165, 1.54) is 0 Å². The number of nitrogens with one attached hydrogen (secondary N) is 1. The molecule has 1 N–H and O–H groups in total. The first-order chi connectivity index (χ1) is 4.41. The van der Waals surface area contributed by atoms with E-state index in [1.807, 2.05) is 0 Å². The average molecular weight is 240 g/mol. The molecular weight excluding hydrogens is 239 g/mol. The van der Waals surface area contributed by atoms with Gasteiger partial charge in [-0.2, -0.15) is 5.53 Å². The van der Waals surface area contributed by atoms with Crippen LogP contribution >= 0.6 is 22.9 Å². The molecule has 0 aromatic carbocycles. The quantitative estimate of drug-likeness (QED) is 0.443. The van der Waals surface area contributed by atoms with E-state index in [0.717, 1.165) is 0 Å². The maximum atomic E-state index is 6.09. The smallest absolute Gasteiger partial charge is 0.113 e. The first kappa shape index (κ1) is 8.13. The molecule has 0 bridgehead atoms. The van der Waals surface area contributed by atoms with E-state index < -0.39 is 0 Å². The van der Waals surface area contributed by atoms with Gasteiger partial charge in [0, 0.05) is 0 Å². The van der Waals surface area contributed by atoms with Crippen LogP contribution in [0.3, 0.4) is 0 Å². The van der Waals surface area contributed by atoms with E-state index in [0.29, 0.717) is 0 Å². The van der Waals surface area contributed by atoms with Gasteiger partial charge in [0.15, 0.2) is 0 Å². The number of rotatable bonds is 3. The Hall–Kier alpha value is -0.870. The summed E-state index contributed by atoms with van der Waals surface area (Å²) in [5.41, 5.74) is 6.09. The van der Waals surface area contributed by atoms with Crippen molar-refractivity contribution in [3.05, 3.63) is 0 Å². The molecule has 0 fully saturated rings. The lowest BCUT2D eigenvalue weighted by Crippen LogP contribution is -1.43. The van der Waals surface area contributed by atoms with Gasteiger partial charge in [-0.3, -0.25) is 0 Å². The lowest BCUT2D eigenvalue weighted by atomic mass is 12.4. The summed E-state index contributed by atoms with van der Waals surface area (Å²) in [6.45, 7) is 0. The Balaban J connectivity index is 3.46. The normalized spacial score (nSPS) is 12.1. The van der Waals surface area contributed by atoms with Crippen LogP contribution in [-0.2, 0) is 0 Å². The number of hydrogen-bond donors (Lipinski definition) is 1. The molecule has 0 radical (unpaired) electrons. The fraction of sp³-hybridized carbons (Fsp3) is 0. The van der Waals surface area contributed by atoms with Gasteiger partial charge in [0.05, 0.1) is 0 Å². The van der Waals surface area contributed by atoms with Crippen LogP contribution in [0.25, 0.3) is 0 Å². The van der Waals surface area contributed by atoms with Crippen LogP contribution in [0.1, 0.15) is 0 Å². The highest BCUT2D eigenvalue weighted by molar-refractivity contribution is 14.1. The van der Waals surface area contributed by atoms with Crippen LogP contribution in [0.4, 0.5) is 0 Å². The summed E-state index contributed by atoms with van der Waals surface area (Å²) in [7, 11) is 0. The predicted molar refractivity (Wildman–Crippen MR) is 33.7 cm³/mol. The van der Waals surface area contributed by atoms with Crippen molar-refractivity contribution in [1.29, 1.82) is 5.53 Å². The number of nitrogens with zero attached hydrogens (tertiary/aromatic N) is 7. The number of halogens is 1. The summed E-state index contributed by atoms with van der Waals surface area (Å²) in [4.78, 5) is 0. The highest BCUT2D eigenvalue weighted by atomic mass is 127. The van der Waals surface area contributed by atoms with Gasteiger partial charge >= 0.3 is 0 Å². The predicted octanol–water partition coefficient (Wildman–Crippen LogP) is 2.47. The lowest BCUT2D eigenvalue weighted by molar-refractivity contribution is 0.797. The van der Waals surface area contributed by atoms with Crippen molar-refractivity contribution in [1.82, 2.24) is 0 Å². The summed E-state index contributed by atoms with van der Waals surface area (Å²) in [5, 5.41) is 17.2. The molecule has 9 heteroatoms. The summed E-state index contributed by atoms with van der Waals surface area (Å²) in [6, 6.07) is 0. The molecule has 0 rings (SSSR count). The summed E-state index contributed by atoms with van der Waals surface area (Å²) < 4.78 is 3.19. The van der Waals surface area contributed by atoms with Crippen LogP contribution in [0.5, 0.6) is 0 Å². The molecule has 48 valence electrons. The first-order valence-electron chi connectivity index (χ1n) is 1.59. The zero-order valence-electron chi connectivity index (χ0n) is 4.01. The van der Waals surface area contributed by atoms with Crippen molar-refractivity contribution in [2.45, 2.75) is 0 Å². The van der Waals surface area contributed by atoms with Crippen LogP contribution in [0.15, 0.2) is 34.7 Å². The van der Waals surface area contributed by atoms with Gasteiger partial charge in [0.1, 0.15) is 22.9 Å². The van der Waals surface area contributed by atoms with Crippen LogP contribution in [0.2, 0.25) is 0 Å². The van der Waals surface area contributed by atoms with E-state index in [2.05, 4.69) is 34.7 Å². The molecule has 8 nitrogen and oxygen atoms in total. The molecule has 0 spiro atoms. The van der Waals surface area contributed by atoms with Crippen LogP contribution in [0, 0.1) is 5.53 Å². The van der Waals surface area contributed by atoms with Crippen molar-refractivity contribution in [3.8, 4) is 0 Å². The van der Waals surface area contributed by atoms with Gasteiger partial charge in [-0.15, -0.1) is 0 Å². The Kier molecular flexibility index (Phi) is 6.44. The van der Waals surface area contributed by atoms with Gasteiger partial charge in [-0.05, 0) is 31.3 Å². The average Bonchev–Trinajstić information content (AvgIpc) is 1.89. The Morgan fingerprint density at radius 2 is 1.44 bits per heavy atom. The molecule has 0 atom stereocenters. The monoisotopic (exact) mass is 240 g/mol. The third kappa shape index (κ3) is 7.13. The Morgan fingerprint density at radius 3 is 2.00 bits per heavy atom. The molecule has 0 amide bonds. The molecular formula is HIN8. The molecule has 0 aliphatic carbocycles. The second kappa shape index (κ2) is 7.13. The fourth-order valence-corrected chi connectivity index (χ4v) is 0.175. The highest BCUT2D eigenvalue weighted by Crippen LogP contribution is 1.87. The highest BCUT2D eigenvalue weighted by Gasteiger charge is 1.62. The summed E-state index contributed by atoms with van der Waals surface area (Å²) in [5.74, 6) is 0. The zero-order valence-corrected chi connectivity index (χ0v) is 6.17.